The fraction of sp³-hybridized carbons (Fsp3) is 0.375. The van der Waals surface area contributed by atoms with Crippen molar-refractivity contribution in [2.45, 2.75) is 19.4 Å². The van der Waals surface area contributed by atoms with Gasteiger partial charge in [-0.25, -0.2) is 4.98 Å². The first-order valence-corrected chi connectivity index (χ1v) is 5.15. The molecular weight excluding hydrogens is 202 g/mol. The van der Waals surface area contributed by atoms with Gasteiger partial charge in [0.25, 0.3) is 5.89 Å². The van der Waals surface area contributed by atoms with Gasteiger partial charge in [-0.3, -0.25) is 0 Å². The lowest BCUT2D eigenvalue weighted by Crippen LogP contribution is -1.97. The average molecular weight is 211 g/mol. The Bertz CT molecular complexity index is 398. The molecule has 0 aliphatic carbocycles. The Hall–Kier alpha value is -1.27. The third kappa shape index (κ3) is 1.66. The van der Waals surface area contributed by atoms with E-state index < -0.39 is 6.10 Å². The first-order chi connectivity index (χ1) is 6.81. The SMILES string of the molecule is CCC(O)c1noc(-c2cscn2)n1. The maximum atomic E-state index is 9.44. The summed E-state index contributed by atoms with van der Waals surface area (Å²) in [5, 5.41) is 14.9. The van der Waals surface area contributed by atoms with E-state index in [0.29, 0.717) is 23.8 Å². The Morgan fingerprint density at radius 1 is 1.64 bits per heavy atom. The summed E-state index contributed by atoms with van der Waals surface area (Å²) in [5.41, 5.74) is 2.34. The summed E-state index contributed by atoms with van der Waals surface area (Å²) in [7, 11) is 0. The molecule has 2 aromatic rings. The number of aliphatic hydroxyl groups excluding tert-OH is 1. The van der Waals surface area contributed by atoms with E-state index in [0.717, 1.165) is 0 Å². The van der Waals surface area contributed by atoms with Gasteiger partial charge in [0.2, 0.25) is 5.82 Å². The molecule has 0 saturated carbocycles. The standard InChI is InChI=1S/C8H9N3O2S/c1-2-6(12)7-10-8(13-11-7)5-3-14-4-9-5/h3-4,6,12H,2H2,1H3. The second kappa shape index (κ2) is 3.85. The highest BCUT2D eigenvalue weighted by Crippen LogP contribution is 2.19. The summed E-state index contributed by atoms with van der Waals surface area (Å²) in [6.07, 6.45) is -0.0955. The predicted molar refractivity (Wildman–Crippen MR) is 50.7 cm³/mol. The van der Waals surface area contributed by atoms with Crippen LogP contribution in [0.2, 0.25) is 0 Å². The third-order valence-corrected chi connectivity index (χ3v) is 2.36. The molecule has 2 rings (SSSR count). The van der Waals surface area contributed by atoms with Crippen molar-refractivity contribution in [3.8, 4) is 11.6 Å². The molecule has 0 bridgehead atoms. The minimum absolute atomic E-state index is 0.315. The molecule has 14 heavy (non-hydrogen) atoms. The molecule has 1 atom stereocenters. The normalized spacial score (nSPS) is 13.0. The summed E-state index contributed by atoms with van der Waals surface area (Å²) in [6, 6.07) is 0. The zero-order chi connectivity index (χ0) is 9.97. The average Bonchev–Trinajstić information content (AvgIpc) is 2.86. The van der Waals surface area contributed by atoms with Crippen molar-refractivity contribution in [3.05, 3.63) is 16.7 Å². The summed E-state index contributed by atoms with van der Waals surface area (Å²) in [6.45, 7) is 1.85. The number of hydrogen-bond acceptors (Lipinski definition) is 6. The van der Waals surface area contributed by atoms with E-state index in [1.54, 1.807) is 5.51 Å². The minimum atomic E-state index is -0.661. The van der Waals surface area contributed by atoms with Crippen molar-refractivity contribution in [2.24, 2.45) is 0 Å². The van der Waals surface area contributed by atoms with E-state index in [9.17, 15) is 5.11 Å². The van der Waals surface area contributed by atoms with Gasteiger partial charge in [-0.15, -0.1) is 11.3 Å². The van der Waals surface area contributed by atoms with Gasteiger partial charge in [-0.1, -0.05) is 12.1 Å². The molecule has 1 N–H and O–H groups in total. The molecule has 0 aromatic carbocycles. The molecule has 2 aromatic heterocycles. The minimum Gasteiger partial charge on any atom is -0.385 e. The molecule has 1 unspecified atom stereocenters. The highest BCUT2D eigenvalue weighted by Gasteiger charge is 2.15. The highest BCUT2D eigenvalue weighted by atomic mass is 32.1. The number of aliphatic hydroxyl groups is 1. The van der Waals surface area contributed by atoms with E-state index in [-0.39, 0.29) is 0 Å². The Kier molecular flexibility index (Phi) is 2.55. The molecule has 0 radical (unpaired) electrons. The summed E-state index contributed by atoms with van der Waals surface area (Å²) >= 11 is 1.46. The number of hydrogen-bond donors (Lipinski definition) is 1. The van der Waals surface area contributed by atoms with Gasteiger partial charge in [0.15, 0.2) is 0 Å². The van der Waals surface area contributed by atoms with Gasteiger partial charge in [0.05, 0.1) is 5.51 Å². The quantitative estimate of drug-likeness (QED) is 0.835. The van der Waals surface area contributed by atoms with E-state index in [2.05, 4.69) is 15.1 Å². The number of thiazole rings is 1. The van der Waals surface area contributed by atoms with Crippen LogP contribution in [0.5, 0.6) is 0 Å². The van der Waals surface area contributed by atoms with Crippen molar-refractivity contribution >= 4 is 11.3 Å². The number of rotatable bonds is 3. The van der Waals surface area contributed by atoms with Crippen LogP contribution in [0.1, 0.15) is 25.3 Å². The summed E-state index contributed by atoms with van der Waals surface area (Å²) in [5.74, 6) is 0.671. The van der Waals surface area contributed by atoms with Crippen LogP contribution < -0.4 is 0 Å². The lowest BCUT2D eigenvalue weighted by atomic mass is 10.3. The third-order valence-electron chi connectivity index (χ3n) is 1.78. The second-order valence-electron chi connectivity index (χ2n) is 2.76. The monoisotopic (exact) mass is 211 g/mol. The lowest BCUT2D eigenvalue weighted by molar-refractivity contribution is 0.159. The molecule has 0 fully saturated rings. The lowest BCUT2D eigenvalue weighted by Gasteiger charge is -1.97. The summed E-state index contributed by atoms with van der Waals surface area (Å²) in [4.78, 5) is 8.07. The Labute approximate surface area is 84.4 Å². The van der Waals surface area contributed by atoms with Crippen molar-refractivity contribution in [1.29, 1.82) is 0 Å². The van der Waals surface area contributed by atoms with Crippen LogP contribution in [0.15, 0.2) is 15.4 Å². The molecule has 0 aliphatic rings. The molecule has 74 valence electrons. The van der Waals surface area contributed by atoms with E-state index in [4.69, 9.17) is 4.52 Å². The molecule has 0 saturated heterocycles. The van der Waals surface area contributed by atoms with Gasteiger partial charge in [-0.2, -0.15) is 4.98 Å². The first kappa shape index (κ1) is 9.29. The zero-order valence-corrected chi connectivity index (χ0v) is 8.36. The van der Waals surface area contributed by atoms with Crippen molar-refractivity contribution in [1.82, 2.24) is 15.1 Å². The van der Waals surface area contributed by atoms with Gasteiger partial charge >= 0.3 is 0 Å². The molecule has 6 heteroatoms. The molecule has 0 spiro atoms. The van der Waals surface area contributed by atoms with Crippen LogP contribution in [0.3, 0.4) is 0 Å². The van der Waals surface area contributed by atoms with Gasteiger partial charge in [0, 0.05) is 5.38 Å². The fourth-order valence-corrected chi connectivity index (χ4v) is 1.50. The highest BCUT2D eigenvalue weighted by molar-refractivity contribution is 7.07. The first-order valence-electron chi connectivity index (χ1n) is 4.21. The zero-order valence-electron chi connectivity index (χ0n) is 7.54. The van der Waals surface area contributed by atoms with Crippen LogP contribution in [-0.2, 0) is 0 Å². The van der Waals surface area contributed by atoms with Crippen molar-refractivity contribution in [3.63, 3.8) is 0 Å². The topological polar surface area (TPSA) is 72.0 Å². The van der Waals surface area contributed by atoms with Crippen molar-refractivity contribution < 1.29 is 9.63 Å². The maximum absolute atomic E-state index is 9.44. The van der Waals surface area contributed by atoms with Gasteiger partial charge < -0.3 is 9.63 Å². The van der Waals surface area contributed by atoms with Gasteiger partial charge in [-0.05, 0) is 6.42 Å². The second-order valence-corrected chi connectivity index (χ2v) is 3.47. The van der Waals surface area contributed by atoms with E-state index in [1.807, 2.05) is 12.3 Å². The van der Waals surface area contributed by atoms with Crippen molar-refractivity contribution in [2.75, 3.05) is 0 Å². The fourth-order valence-electron chi connectivity index (χ4n) is 0.975. The molecular formula is C8H9N3O2S. The van der Waals surface area contributed by atoms with Crippen LogP contribution >= 0.6 is 11.3 Å². The largest absolute Gasteiger partial charge is 0.385 e. The van der Waals surface area contributed by atoms with E-state index >= 15 is 0 Å². The number of aromatic nitrogens is 3. The Balaban J connectivity index is 2.26. The maximum Gasteiger partial charge on any atom is 0.277 e. The smallest absolute Gasteiger partial charge is 0.277 e. The molecule has 2 heterocycles. The Morgan fingerprint density at radius 2 is 2.50 bits per heavy atom. The summed E-state index contributed by atoms with van der Waals surface area (Å²) < 4.78 is 4.96. The van der Waals surface area contributed by atoms with E-state index in [1.165, 1.54) is 11.3 Å². The number of nitrogens with zero attached hydrogens (tertiary/aromatic N) is 3. The Morgan fingerprint density at radius 3 is 3.14 bits per heavy atom. The van der Waals surface area contributed by atoms with Crippen LogP contribution in [0.25, 0.3) is 11.6 Å². The predicted octanol–water partition coefficient (Wildman–Crippen LogP) is 1.64. The van der Waals surface area contributed by atoms with Crippen LogP contribution in [-0.4, -0.2) is 20.2 Å². The van der Waals surface area contributed by atoms with Gasteiger partial charge in [0.1, 0.15) is 11.8 Å². The molecule has 5 nitrogen and oxygen atoms in total. The van der Waals surface area contributed by atoms with Crippen LogP contribution in [0.4, 0.5) is 0 Å². The van der Waals surface area contributed by atoms with Crippen LogP contribution in [0, 0.1) is 0 Å². The molecule has 0 aliphatic heterocycles. The molecule has 0 amide bonds.